The van der Waals surface area contributed by atoms with Gasteiger partial charge in [0, 0.05) is 27.5 Å². The summed E-state index contributed by atoms with van der Waals surface area (Å²) in [5.74, 6) is -1.85. The molecule has 4 N–H and O–H groups in total. The number of thioether (sulfide) groups is 1. The van der Waals surface area contributed by atoms with E-state index in [1.165, 1.54) is 29.2 Å². The number of nitrogens with one attached hydrogen (secondary N) is 4. The number of rotatable bonds is 3. The van der Waals surface area contributed by atoms with E-state index in [0.717, 1.165) is 17.8 Å². The summed E-state index contributed by atoms with van der Waals surface area (Å²) in [5, 5.41) is 21.3. The number of aryl methyl sites for hydroxylation is 2. The van der Waals surface area contributed by atoms with E-state index in [-0.39, 0.29) is 32.5 Å². The van der Waals surface area contributed by atoms with Gasteiger partial charge >= 0.3 is 0 Å². The zero-order valence-electron chi connectivity index (χ0n) is 20.9. The van der Waals surface area contributed by atoms with E-state index in [1.807, 2.05) is 21.0 Å². The zero-order valence-corrected chi connectivity index (χ0v) is 22.5. The van der Waals surface area contributed by atoms with Crippen LogP contribution in [0.3, 0.4) is 0 Å². The van der Waals surface area contributed by atoms with Crippen LogP contribution in [0.4, 0.5) is 8.78 Å². The predicted octanol–water partition coefficient (Wildman–Crippen LogP) is 6.17. The molecule has 2 heterocycles. The molecule has 0 unspecified atom stereocenters. The maximum Gasteiger partial charge on any atom is 0.169 e. The van der Waals surface area contributed by atoms with E-state index in [0.29, 0.717) is 10.6 Å². The molecule has 1 aromatic carbocycles. The SMILES string of the molecule is C=N.CNC.Cc1nc(C)c(-c2ccc(C(=N)SC3CC(C)(C)NC(C)(C)C3)c(F)c2F)s1. The first-order valence-corrected chi connectivity index (χ1v) is 12.4. The molecule has 0 bridgehead atoms. The van der Waals surface area contributed by atoms with Crippen molar-refractivity contribution in [3.63, 3.8) is 0 Å². The van der Waals surface area contributed by atoms with Crippen LogP contribution in [0, 0.1) is 36.3 Å². The smallest absolute Gasteiger partial charge is 0.169 e. The number of hydrogen-bond donors (Lipinski definition) is 4. The Bertz CT molecular complexity index is 941. The summed E-state index contributed by atoms with van der Waals surface area (Å²) in [6, 6.07) is 3.09. The number of hydrogen-bond acceptors (Lipinski definition) is 7. The monoisotopic (exact) mass is 497 g/mol. The number of nitrogens with zero attached hydrogens (tertiary/aromatic N) is 1. The molecule has 1 fully saturated rings. The largest absolute Gasteiger partial charge is 0.323 e. The van der Waals surface area contributed by atoms with Gasteiger partial charge in [-0.2, -0.15) is 0 Å². The van der Waals surface area contributed by atoms with E-state index in [9.17, 15) is 8.78 Å². The van der Waals surface area contributed by atoms with Gasteiger partial charge in [0.05, 0.1) is 20.6 Å². The molecule has 3 rings (SSSR count). The van der Waals surface area contributed by atoms with Crippen LogP contribution in [0.15, 0.2) is 12.1 Å². The highest BCUT2D eigenvalue weighted by Gasteiger charge is 2.38. The molecule has 1 saturated heterocycles. The van der Waals surface area contributed by atoms with Gasteiger partial charge in [-0.05, 0) is 87.3 Å². The van der Waals surface area contributed by atoms with Crippen molar-refractivity contribution >= 4 is 34.9 Å². The van der Waals surface area contributed by atoms with Crippen molar-refractivity contribution in [3.05, 3.63) is 40.0 Å². The van der Waals surface area contributed by atoms with Crippen molar-refractivity contribution in [3.8, 4) is 10.4 Å². The fourth-order valence-electron chi connectivity index (χ4n) is 4.22. The van der Waals surface area contributed by atoms with Gasteiger partial charge in [-0.3, -0.25) is 5.41 Å². The molecule has 0 atom stereocenters. The van der Waals surface area contributed by atoms with Gasteiger partial charge in [0.2, 0.25) is 0 Å². The molecule has 5 nitrogen and oxygen atoms in total. The quantitative estimate of drug-likeness (QED) is 0.302. The Morgan fingerprint density at radius 2 is 1.64 bits per heavy atom. The van der Waals surface area contributed by atoms with Crippen LogP contribution in [-0.4, -0.2) is 47.2 Å². The van der Waals surface area contributed by atoms with Crippen LogP contribution in [0.2, 0.25) is 0 Å². The molecule has 1 aliphatic rings. The van der Waals surface area contributed by atoms with E-state index < -0.39 is 11.6 Å². The molecule has 1 aromatic heterocycles. The summed E-state index contributed by atoms with van der Waals surface area (Å²) in [4.78, 5) is 4.94. The number of benzene rings is 1. The Hall–Kier alpha value is -1.68. The maximum absolute atomic E-state index is 14.8. The van der Waals surface area contributed by atoms with Crippen LogP contribution in [0.1, 0.15) is 56.8 Å². The molecule has 9 heteroatoms. The lowest BCUT2D eigenvalue weighted by molar-refractivity contribution is 0.189. The third-order valence-electron chi connectivity index (χ3n) is 4.91. The van der Waals surface area contributed by atoms with Crippen LogP contribution >= 0.6 is 23.1 Å². The second-order valence-electron chi connectivity index (χ2n) is 9.31. The zero-order chi connectivity index (χ0) is 25.6. The van der Waals surface area contributed by atoms with Gasteiger partial charge in [-0.25, -0.2) is 13.8 Å². The Balaban J connectivity index is 0.00000101. The van der Waals surface area contributed by atoms with Crippen molar-refractivity contribution in [1.29, 1.82) is 10.8 Å². The highest BCUT2D eigenvalue weighted by Crippen LogP contribution is 2.38. The first-order chi connectivity index (χ1) is 15.3. The lowest BCUT2D eigenvalue weighted by atomic mass is 9.82. The molecule has 0 radical (unpaired) electrons. The second-order valence-corrected chi connectivity index (χ2v) is 11.8. The minimum absolute atomic E-state index is 0.0271. The van der Waals surface area contributed by atoms with E-state index in [2.05, 4.69) is 50.0 Å². The Kier molecular flexibility index (Phi) is 10.8. The van der Waals surface area contributed by atoms with E-state index >= 15 is 0 Å². The van der Waals surface area contributed by atoms with Crippen molar-refractivity contribution in [2.45, 2.75) is 70.7 Å². The second kappa shape index (κ2) is 12.1. The summed E-state index contributed by atoms with van der Waals surface area (Å²) >= 11 is 2.69. The minimum Gasteiger partial charge on any atom is -0.323 e. The van der Waals surface area contributed by atoms with Crippen LogP contribution < -0.4 is 10.6 Å². The molecule has 2 aromatic rings. The summed E-state index contributed by atoms with van der Waals surface area (Å²) < 4.78 is 29.6. The normalized spacial score (nSPS) is 16.8. The van der Waals surface area contributed by atoms with Gasteiger partial charge in [-0.15, -0.1) is 23.1 Å². The number of piperidine rings is 1. The van der Waals surface area contributed by atoms with Crippen LogP contribution in [0.5, 0.6) is 0 Å². The van der Waals surface area contributed by atoms with Gasteiger partial charge < -0.3 is 16.0 Å². The first-order valence-electron chi connectivity index (χ1n) is 10.7. The highest BCUT2D eigenvalue weighted by molar-refractivity contribution is 8.14. The molecule has 184 valence electrons. The molecule has 33 heavy (non-hydrogen) atoms. The number of aromatic nitrogens is 1. The highest BCUT2D eigenvalue weighted by atomic mass is 32.2. The molecule has 0 amide bonds. The van der Waals surface area contributed by atoms with E-state index in [4.69, 9.17) is 10.8 Å². The summed E-state index contributed by atoms with van der Waals surface area (Å²) in [7, 11) is 3.75. The topological polar surface area (TPSA) is 84.7 Å². The van der Waals surface area contributed by atoms with Crippen molar-refractivity contribution in [1.82, 2.24) is 15.6 Å². The molecule has 0 saturated carbocycles. The summed E-state index contributed by atoms with van der Waals surface area (Å²) in [6.45, 7) is 14.7. The molecular weight excluding hydrogens is 460 g/mol. The molecule has 1 aliphatic heterocycles. The van der Waals surface area contributed by atoms with Gasteiger partial charge in [-0.1, -0.05) is 0 Å². The summed E-state index contributed by atoms with van der Waals surface area (Å²) in [5.41, 5.74) is 0.812. The van der Waals surface area contributed by atoms with Crippen molar-refractivity contribution in [2.75, 3.05) is 14.1 Å². The predicted molar refractivity (Wildman–Crippen MR) is 140 cm³/mol. The third kappa shape index (κ3) is 7.95. The van der Waals surface area contributed by atoms with Gasteiger partial charge in [0.15, 0.2) is 11.6 Å². The number of thiazole rings is 1. The Morgan fingerprint density at radius 3 is 2.09 bits per heavy atom. The average molecular weight is 498 g/mol. The molecule has 0 aliphatic carbocycles. The maximum atomic E-state index is 14.8. The molecule has 0 spiro atoms. The van der Waals surface area contributed by atoms with Crippen molar-refractivity contribution in [2.24, 2.45) is 0 Å². The fourth-order valence-corrected chi connectivity index (χ4v) is 6.78. The van der Waals surface area contributed by atoms with Crippen molar-refractivity contribution < 1.29 is 8.78 Å². The minimum atomic E-state index is -0.951. The summed E-state index contributed by atoms with van der Waals surface area (Å²) in [6.07, 6.45) is 1.73. The first kappa shape index (κ1) is 29.4. The average Bonchev–Trinajstić information content (AvgIpc) is 3.01. The third-order valence-corrected chi connectivity index (χ3v) is 7.14. The lowest BCUT2D eigenvalue weighted by Crippen LogP contribution is -2.58. The van der Waals surface area contributed by atoms with Gasteiger partial charge in [0.1, 0.15) is 0 Å². The fraction of sp³-hybridized carbons (Fsp3) is 0.542. The Labute approximate surface area is 205 Å². The van der Waals surface area contributed by atoms with Gasteiger partial charge in [0.25, 0.3) is 0 Å². The van der Waals surface area contributed by atoms with E-state index in [1.54, 1.807) is 13.0 Å². The number of halogens is 2. The Morgan fingerprint density at radius 1 is 1.12 bits per heavy atom. The van der Waals surface area contributed by atoms with Crippen LogP contribution in [-0.2, 0) is 0 Å². The molecular formula is C24H37F2N5S2. The van der Waals surface area contributed by atoms with Crippen LogP contribution in [0.25, 0.3) is 10.4 Å². The lowest BCUT2D eigenvalue weighted by Gasteiger charge is -2.46. The standard InChI is InChI=1S/C21H27F2N3S2.C2H7N.CH3N/c1-11-18(27-12(2)25-11)14-7-8-15(17(23)16(14)22)19(24)28-13-9-20(3,4)26-21(5,6)10-13;1-3-2;1-2/h7-8,13,24,26H,9-10H2,1-6H3;3H,1-2H3;2H,1H2.